The van der Waals surface area contributed by atoms with E-state index in [1.807, 2.05) is 0 Å². The first-order valence-corrected chi connectivity index (χ1v) is 9.89. The third-order valence-corrected chi connectivity index (χ3v) is 5.31. The number of carbonyl (C=O) groups is 1. The summed E-state index contributed by atoms with van der Waals surface area (Å²) in [6.07, 6.45) is 7.62. The molecule has 4 aromatic rings. The minimum Gasteiger partial charge on any atom is -0.348 e. The second kappa shape index (κ2) is 8.02. The Morgan fingerprint density at radius 2 is 1.84 bits per heavy atom. The fourth-order valence-corrected chi connectivity index (χ4v) is 3.71. The molecule has 3 aromatic heterocycles. The number of pyridine rings is 1. The van der Waals surface area contributed by atoms with Gasteiger partial charge in [0.15, 0.2) is 5.82 Å². The third-order valence-electron chi connectivity index (χ3n) is 5.31. The summed E-state index contributed by atoms with van der Waals surface area (Å²) in [7, 11) is 0. The second-order valence-corrected chi connectivity index (χ2v) is 7.31. The van der Waals surface area contributed by atoms with Crippen molar-refractivity contribution in [2.45, 2.75) is 24.8 Å². The summed E-state index contributed by atoms with van der Waals surface area (Å²) in [4.78, 5) is 24.8. The topological polar surface area (TPSA) is 98.5 Å². The van der Waals surface area contributed by atoms with Crippen LogP contribution in [-0.4, -0.2) is 41.7 Å². The van der Waals surface area contributed by atoms with Gasteiger partial charge in [-0.25, -0.2) is 9.37 Å². The predicted molar refractivity (Wildman–Crippen MR) is 110 cm³/mol. The Labute approximate surface area is 177 Å². The third kappa shape index (κ3) is 3.65. The lowest BCUT2D eigenvalue weighted by Crippen LogP contribution is -2.44. The van der Waals surface area contributed by atoms with Crippen LogP contribution in [0.1, 0.15) is 35.1 Å². The van der Waals surface area contributed by atoms with Gasteiger partial charge in [-0.1, -0.05) is 18.2 Å². The molecule has 0 bridgehead atoms. The van der Waals surface area contributed by atoms with E-state index in [0.29, 0.717) is 41.6 Å². The molecule has 0 saturated heterocycles. The van der Waals surface area contributed by atoms with Gasteiger partial charge in [0.1, 0.15) is 23.0 Å². The van der Waals surface area contributed by atoms with Crippen molar-refractivity contribution in [1.29, 1.82) is 0 Å². The molecule has 31 heavy (non-hydrogen) atoms. The number of carbonyl (C=O) groups excluding carboxylic acids is 1. The highest BCUT2D eigenvalue weighted by Gasteiger charge is 2.36. The number of nitrogens with zero attached hydrogens (tertiary/aromatic N) is 6. The van der Waals surface area contributed by atoms with Crippen LogP contribution in [0.15, 0.2) is 67.3 Å². The molecule has 3 heterocycles. The van der Waals surface area contributed by atoms with Crippen molar-refractivity contribution < 1.29 is 9.18 Å². The van der Waals surface area contributed by atoms with Crippen LogP contribution in [0.5, 0.6) is 0 Å². The van der Waals surface area contributed by atoms with Gasteiger partial charge in [-0.2, -0.15) is 0 Å². The number of halogens is 1. The number of benzene rings is 1. The molecule has 9 heteroatoms. The van der Waals surface area contributed by atoms with Crippen LogP contribution < -0.4 is 5.32 Å². The molecule has 0 atom stereocenters. The highest BCUT2D eigenvalue weighted by molar-refractivity contribution is 5.92. The van der Waals surface area contributed by atoms with E-state index in [1.54, 1.807) is 65.8 Å². The van der Waals surface area contributed by atoms with Gasteiger partial charge >= 0.3 is 0 Å². The summed E-state index contributed by atoms with van der Waals surface area (Å²) in [5.41, 5.74) is 1.23. The van der Waals surface area contributed by atoms with Gasteiger partial charge < -0.3 is 5.32 Å². The van der Waals surface area contributed by atoms with Crippen LogP contribution in [0.3, 0.4) is 0 Å². The van der Waals surface area contributed by atoms with Crippen molar-refractivity contribution in [1.82, 2.24) is 35.0 Å². The summed E-state index contributed by atoms with van der Waals surface area (Å²) < 4.78 is 16.4. The van der Waals surface area contributed by atoms with Crippen LogP contribution in [0, 0.1) is 5.82 Å². The zero-order valence-corrected chi connectivity index (χ0v) is 16.4. The van der Waals surface area contributed by atoms with Gasteiger partial charge in [0.05, 0.1) is 11.9 Å². The van der Waals surface area contributed by atoms with Gasteiger partial charge in [0, 0.05) is 30.6 Å². The lowest BCUT2D eigenvalue weighted by Gasteiger charge is -2.35. The lowest BCUT2D eigenvalue weighted by atomic mass is 9.79. The molecule has 0 aliphatic heterocycles. The van der Waals surface area contributed by atoms with Crippen molar-refractivity contribution >= 4 is 5.91 Å². The van der Waals surface area contributed by atoms with Gasteiger partial charge in [0.2, 0.25) is 0 Å². The second-order valence-electron chi connectivity index (χ2n) is 7.31. The Morgan fingerprint density at radius 1 is 1.00 bits per heavy atom. The van der Waals surface area contributed by atoms with E-state index in [0.717, 1.165) is 0 Å². The number of aromatic nitrogens is 6. The van der Waals surface area contributed by atoms with Crippen LogP contribution >= 0.6 is 0 Å². The summed E-state index contributed by atoms with van der Waals surface area (Å²) in [6.45, 7) is 0. The Morgan fingerprint density at radius 3 is 2.58 bits per heavy atom. The number of rotatable bonds is 5. The molecular weight excluding hydrogens is 397 g/mol. The maximum atomic E-state index is 14.7. The van der Waals surface area contributed by atoms with E-state index in [1.165, 1.54) is 6.07 Å². The van der Waals surface area contributed by atoms with Crippen molar-refractivity contribution in [3.05, 3.63) is 84.6 Å². The van der Waals surface area contributed by atoms with Crippen LogP contribution in [0.2, 0.25) is 0 Å². The Bertz CT molecular complexity index is 1210. The molecule has 0 spiro atoms. The first-order valence-electron chi connectivity index (χ1n) is 9.89. The zero-order chi connectivity index (χ0) is 21.2. The lowest BCUT2D eigenvalue weighted by molar-refractivity contribution is 0.0902. The van der Waals surface area contributed by atoms with E-state index >= 15 is 0 Å². The molecule has 1 saturated carbocycles. The molecule has 1 amide bonds. The molecule has 8 nitrogen and oxygen atoms in total. The standard InChI is InChI=1S/C22H18FN7O/c23-16-5-1-2-7-19(16)30-20(28-29-21(30)18-13-24-9-10-26-18)14-11-15(12-14)27-22(31)17-6-3-4-8-25-17/h1-10,13-15H,11-12H2,(H,27,31). The Hall–Kier alpha value is -4.01. The summed E-state index contributed by atoms with van der Waals surface area (Å²) in [5, 5.41) is 11.6. The molecule has 0 unspecified atom stereocenters. The number of para-hydroxylation sites is 1. The van der Waals surface area contributed by atoms with Crippen molar-refractivity contribution in [2.75, 3.05) is 0 Å². The van der Waals surface area contributed by atoms with E-state index in [9.17, 15) is 9.18 Å². The molecule has 5 rings (SSSR count). The normalized spacial score (nSPS) is 17.7. The van der Waals surface area contributed by atoms with Crippen LogP contribution in [0.4, 0.5) is 4.39 Å². The van der Waals surface area contributed by atoms with Crippen molar-refractivity contribution in [3.8, 4) is 17.2 Å². The van der Waals surface area contributed by atoms with Gasteiger partial charge in [-0.3, -0.25) is 19.3 Å². The highest BCUT2D eigenvalue weighted by Crippen LogP contribution is 2.38. The van der Waals surface area contributed by atoms with Crippen molar-refractivity contribution in [2.24, 2.45) is 0 Å². The van der Waals surface area contributed by atoms with Gasteiger partial charge in [0.25, 0.3) is 5.91 Å². The minimum absolute atomic E-state index is 0.00903. The fraction of sp³-hybridized carbons (Fsp3) is 0.182. The minimum atomic E-state index is -0.381. The number of hydrogen-bond donors (Lipinski definition) is 1. The molecule has 1 aliphatic carbocycles. The summed E-state index contributed by atoms with van der Waals surface area (Å²) >= 11 is 0. The SMILES string of the molecule is O=C(NC1CC(c2nnc(-c3cnccn3)n2-c2ccccc2F)C1)c1ccccn1. The average Bonchev–Trinajstić information content (AvgIpc) is 3.21. The maximum absolute atomic E-state index is 14.7. The molecule has 1 aromatic carbocycles. The Kier molecular flexibility index (Phi) is 4.91. The van der Waals surface area contributed by atoms with E-state index in [4.69, 9.17) is 0 Å². The number of hydrogen-bond acceptors (Lipinski definition) is 6. The molecule has 1 N–H and O–H groups in total. The quantitative estimate of drug-likeness (QED) is 0.538. The van der Waals surface area contributed by atoms with E-state index in [2.05, 4.69) is 30.5 Å². The fourth-order valence-electron chi connectivity index (χ4n) is 3.71. The molecule has 1 aliphatic rings. The van der Waals surface area contributed by atoms with Crippen molar-refractivity contribution in [3.63, 3.8) is 0 Å². The average molecular weight is 415 g/mol. The van der Waals surface area contributed by atoms with Gasteiger partial charge in [-0.15, -0.1) is 10.2 Å². The molecular formula is C22H18FN7O. The first-order chi connectivity index (χ1) is 15.2. The summed E-state index contributed by atoms with van der Waals surface area (Å²) in [6, 6.07) is 11.7. The van der Waals surface area contributed by atoms with E-state index in [-0.39, 0.29) is 23.7 Å². The monoisotopic (exact) mass is 415 g/mol. The van der Waals surface area contributed by atoms with E-state index < -0.39 is 0 Å². The Balaban J connectivity index is 1.41. The molecule has 1 fully saturated rings. The smallest absolute Gasteiger partial charge is 0.270 e. The molecule has 154 valence electrons. The predicted octanol–water partition coefficient (Wildman–Crippen LogP) is 2.93. The molecule has 0 radical (unpaired) electrons. The van der Waals surface area contributed by atoms with Crippen LogP contribution in [-0.2, 0) is 0 Å². The highest BCUT2D eigenvalue weighted by atomic mass is 19.1. The zero-order valence-electron chi connectivity index (χ0n) is 16.4. The summed E-state index contributed by atoms with van der Waals surface area (Å²) in [5.74, 6) is 0.489. The largest absolute Gasteiger partial charge is 0.348 e. The van der Waals surface area contributed by atoms with Gasteiger partial charge in [-0.05, 0) is 37.1 Å². The number of nitrogens with one attached hydrogen (secondary N) is 1. The van der Waals surface area contributed by atoms with Crippen LogP contribution in [0.25, 0.3) is 17.2 Å². The maximum Gasteiger partial charge on any atom is 0.270 e. The first kappa shape index (κ1) is 19.0. The number of amides is 1.